The van der Waals surface area contributed by atoms with Crippen LogP contribution in [0.3, 0.4) is 0 Å². The van der Waals surface area contributed by atoms with Crippen molar-refractivity contribution in [1.82, 2.24) is 20.4 Å². The molecular formula is C19H24N4O4. The third-order valence-corrected chi connectivity index (χ3v) is 4.25. The van der Waals surface area contributed by atoms with Crippen molar-refractivity contribution < 1.29 is 19.4 Å². The number of carbonyl (C=O) groups excluding carboxylic acids is 2. The maximum atomic E-state index is 12.2. The van der Waals surface area contributed by atoms with Gasteiger partial charge in [-0.15, -0.1) is 0 Å². The molecule has 144 valence electrons. The summed E-state index contributed by atoms with van der Waals surface area (Å²) in [6.45, 7) is 3.11. The first-order valence-corrected chi connectivity index (χ1v) is 9.11. The third kappa shape index (κ3) is 4.85. The van der Waals surface area contributed by atoms with Crippen molar-refractivity contribution in [3.8, 4) is 5.75 Å². The van der Waals surface area contributed by atoms with Crippen molar-refractivity contribution in [2.45, 2.75) is 32.4 Å². The highest BCUT2D eigenvalue weighted by atomic mass is 16.5. The number of fused-ring (bicyclic) bond motifs is 1. The molecule has 0 bridgehead atoms. The van der Waals surface area contributed by atoms with Crippen LogP contribution in [0.1, 0.15) is 39.9 Å². The van der Waals surface area contributed by atoms with Crippen molar-refractivity contribution in [3.63, 3.8) is 0 Å². The Morgan fingerprint density at radius 2 is 2.19 bits per heavy atom. The molecule has 1 aromatic carbocycles. The second-order valence-electron chi connectivity index (χ2n) is 6.46. The van der Waals surface area contributed by atoms with Crippen LogP contribution < -0.4 is 15.4 Å². The minimum absolute atomic E-state index is 0.137. The maximum Gasteiger partial charge on any atom is 0.271 e. The molecule has 0 spiro atoms. The van der Waals surface area contributed by atoms with Gasteiger partial charge in [-0.2, -0.15) is 5.10 Å². The molecule has 1 aromatic heterocycles. The molecule has 2 amide bonds. The van der Waals surface area contributed by atoms with Crippen LogP contribution in [-0.4, -0.2) is 52.5 Å². The average Bonchev–Trinajstić information content (AvgIpc) is 3.03. The van der Waals surface area contributed by atoms with Gasteiger partial charge in [-0.3, -0.25) is 14.3 Å². The monoisotopic (exact) mass is 372 g/mol. The maximum absolute atomic E-state index is 12.2. The molecule has 1 aliphatic heterocycles. The van der Waals surface area contributed by atoms with Crippen molar-refractivity contribution in [2.24, 2.45) is 0 Å². The minimum atomic E-state index is -0.733. The van der Waals surface area contributed by atoms with E-state index in [1.54, 1.807) is 0 Å². The van der Waals surface area contributed by atoms with Gasteiger partial charge in [0.1, 0.15) is 18.1 Å². The van der Waals surface area contributed by atoms with Gasteiger partial charge >= 0.3 is 0 Å². The van der Waals surface area contributed by atoms with E-state index in [0.717, 1.165) is 18.6 Å². The average molecular weight is 372 g/mol. The summed E-state index contributed by atoms with van der Waals surface area (Å²) in [5, 5.41) is 19.2. The Kier molecular flexibility index (Phi) is 6.08. The summed E-state index contributed by atoms with van der Waals surface area (Å²) in [5.41, 5.74) is 1.67. The van der Waals surface area contributed by atoms with Gasteiger partial charge in [0, 0.05) is 12.6 Å². The van der Waals surface area contributed by atoms with Gasteiger partial charge in [0.2, 0.25) is 0 Å². The lowest BCUT2D eigenvalue weighted by molar-refractivity contribution is 0.0931. The van der Waals surface area contributed by atoms with Crippen LogP contribution in [0.4, 0.5) is 0 Å². The minimum Gasteiger partial charge on any atom is -0.492 e. The molecular weight excluding hydrogens is 348 g/mol. The number of ether oxygens (including phenoxy) is 1. The Labute approximate surface area is 157 Å². The van der Waals surface area contributed by atoms with E-state index in [4.69, 9.17) is 4.74 Å². The number of aryl methyl sites for hydroxylation is 1. The molecule has 1 atom stereocenters. The summed E-state index contributed by atoms with van der Waals surface area (Å²) in [7, 11) is 0. The van der Waals surface area contributed by atoms with Gasteiger partial charge in [0.25, 0.3) is 11.8 Å². The molecule has 8 heteroatoms. The number of aliphatic hydroxyl groups is 1. The summed E-state index contributed by atoms with van der Waals surface area (Å²) < 4.78 is 6.97. The zero-order chi connectivity index (χ0) is 19.2. The summed E-state index contributed by atoms with van der Waals surface area (Å²) >= 11 is 0. The van der Waals surface area contributed by atoms with Crippen LogP contribution in [-0.2, 0) is 13.0 Å². The van der Waals surface area contributed by atoms with Crippen LogP contribution in [0.2, 0.25) is 0 Å². The number of carbonyl (C=O) groups is 2. The quantitative estimate of drug-likeness (QED) is 0.622. The fourth-order valence-electron chi connectivity index (χ4n) is 2.88. The molecule has 0 fully saturated rings. The summed E-state index contributed by atoms with van der Waals surface area (Å²) in [4.78, 5) is 24.2. The molecule has 8 nitrogen and oxygen atoms in total. The first-order chi connectivity index (χ1) is 13.1. The largest absolute Gasteiger partial charge is 0.492 e. The summed E-state index contributed by atoms with van der Waals surface area (Å²) in [6, 6.07) is 9.34. The highest BCUT2D eigenvalue weighted by molar-refractivity contribution is 5.98. The molecule has 2 aromatic rings. The Hall–Kier alpha value is -2.87. The number of nitrogens with zero attached hydrogens (tertiary/aromatic N) is 2. The molecule has 0 radical (unpaired) electrons. The summed E-state index contributed by atoms with van der Waals surface area (Å²) in [5.74, 6) is 0.0103. The van der Waals surface area contributed by atoms with Crippen molar-refractivity contribution in [1.29, 1.82) is 0 Å². The van der Waals surface area contributed by atoms with E-state index in [0.29, 0.717) is 13.2 Å². The lowest BCUT2D eigenvalue weighted by Gasteiger charge is -2.08. The SMILES string of the molecule is CCCc1ccc(OCCNC(=O)c2cc3n(n2)CC(O)CNC3=O)cc1. The molecule has 0 saturated heterocycles. The lowest BCUT2D eigenvalue weighted by atomic mass is 10.1. The normalized spacial score (nSPS) is 16.2. The predicted molar refractivity (Wildman–Crippen MR) is 98.8 cm³/mol. The van der Waals surface area contributed by atoms with E-state index in [9.17, 15) is 14.7 Å². The van der Waals surface area contributed by atoms with Gasteiger partial charge in [0.15, 0.2) is 5.69 Å². The number of benzene rings is 1. The number of rotatable bonds is 7. The van der Waals surface area contributed by atoms with Gasteiger partial charge < -0.3 is 20.5 Å². The number of aromatic nitrogens is 2. The van der Waals surface area contributed by atoms with Gasteiger partial charge in [0.05, 0.1) is 19.2 Å². The molecule has 0 aliphatic carbocycles. The standard InChI is InChI=1S/C19H24N4O4/c1-2-3-13-4-6-15(7-5-13)27-9-8-20-18(25)16-10-17-19(26)21-11-14(24)12-23(17)22-16/h4-7,10,14,24H,2-3,8-9,11-12H2,1H3,(H,20,25)(H,21,26). The molecule has 27 heavy (non-hydrogen) atoms. The van der Waals surface area contributed by atoms with Crippen LogP contribution in [0.5, 0.6) is 5.75 Å². The van der Waals surface area contributed by atoms with Crippen LogP contribution in [0.15, 0.2) is 30.3 Å². The summed E-state index contributed by atoms with van der Waals surface area (Å²) in [6.07, 6.45) is 1.41. The number of nitrogens with one attached hydrogen (secondary N) is 2. The highest BCUT2D eigenvalue weighted by Crippen LogP contribution is 2.13. The lowest BCUT2D eigenvalue weighted by Crippen LogP contribution is -2.30. The molecule has 1 unspecified atom stereocenters. The first-order valence-electron chi connectivity index (χ1n) is 9.11. The van der Waals surface area contributed by atoms with E-state index in [-0.39, 0.29) is 36.3 Å². The van der Waals surface area contributed by atoms with E-state index >= 15 is 0 Å². The Bertz CT molecular complexity index is 801. The number of β-amino-alcohol motifs (C(OH)–C–C–N with tert-alkyl or cyclic N) is 1. The smallest absolute Gasteiger partial charge is 0.271 e. The van der Waals surface area contributed by atoms with Crippen molar-refractivity contribution in [3.05, 3.63) is 47.3 Å². The predicted octanol–water partition coefficient (Wildman–Crippen LogP) is 0.749. The number of hydrogen-bond donors (Lipinski definition) is 3. The van der Waals surface area contributed by atoms with Crippen LogP contribution >= 0.6 is 0 Å². The van der Waals surface area contributed by atoms with Gasteiger partial charge in [-0.1, -0.05) is 25.5 Å². The Balaban J connectivity index is 1.49. The zero-order valence-electron chi connectivity index (χ0n) is 15.3. The van der Waals surface area contributed by atoms with Gasteiger partial charge in [-0.25, -0.2) is 0 Å². The van der Waals surface area contributed by atoms with Crippen LogP contribution in [0, 0.1) is 0 Å². The Morgan fingerprint density at radius 1 is 1.41 bits per heavy atom. The second-order valence-corrected chi connectivity index (χ2v) is 6.46. The van der Waals surface area contributed by atoms with Crippen molar-refractivity contribution >= 4 is 11.8 Å². The number of hydrogen-bond acceptors (Lipinski definition) is 5. The number of aliphatic hydroxyl groups excluding tert-OH is 1. The highest BCUT2D eigenvalue weighted by Gasteiger charge is 2.24. The molecule has 0 saturated carbocycles. The molecule has 1 aliphatic rings. The van der Waals surface area contributed by atoms with Crippen LogP contribution in [0.25, 0.3) is 0 Å². The fourth-order valence-corrected chi connectivity index (χ4v) is 2.88. The molecule has 2 heterocycles. The molecule has 3 N–H and O–H groups in total. The fraction of sp³-hybridized carbons (Fsp3) is 0.421. The van der Waals surface area contributed by atoms with E-state index in [1.807, 2.05) is 24.3 Å². The van der Waals surface area contributed by atoms with E-state index in [1.165, 1.54) is 16.3 Å². The second kappa shape index (κ2) is 8.68. The van der Waals surface area contributed by atoms with Gasteiger partial charge in [-0.05, 0) is 24.1 Å². The topological polar surface area (TPSA) is 105 Å². The molecule has 3 rings (SSSR count). The zero-order valence-corrected chi connectivity index (χ0v) is 15.3. The van der Waals surface area contributed by atoms with E-state index < -0.39 is 6.10 Å². The third-order valence-electron chi connectivity index (χ3n) is 4.25. The van der Waals surface area contributed by atoms with E-state index in [2.05, 4.69) is 22.7 Å². The first kappa shape index (κ1) is 18.9. The number of amides is 2. The van der Waals surface area contributed by atoms with Crippen molar-refractivity contribution in [2.75, 3.05) is 19.7 Å². The Morgan fingerprint density at radius 3 is 2.93 bits per heavy atom.